The molecule has 3 nitrogen and oxygen atoms in total. The van der Waals surface area contributed by atoms with Crippen LogP contribution in [0.2, 0.25) is 0 Å². The van der Waals surface area contributed by atoms with E-state index in [1.807, 2.05) is 0 Å². The first-order valence-electron chi connectivity index (χ1n) is 4.26. The van der Waals surface area contributed by atoms with Gasteiger partial charge in [0.05, 0.1) is 19.3 Å². The molecule has 2 rings (SSSR count). The van der Waals surface area contributed by atoms with Crippen molar-refractivity contribution in [2.45, 2.75) is 6.42 Å². The van der Waals surface area contributed by atoms with Crippen molar-refractivity contribution in [2.24, 2.45) is 0 Å². The summed E-state index contributed by atoms with van der Waals surface area (Å²) in [5.74, 6) is 1.40. The highest BCUT2D eigenvalue weighted by Crippen LogP contribution is 2.39. The van der Waals surface area contributed by atoms with Gasteiger partial charge in [-0.05, 0) is 28.1 Å². The summed E-state index contributed by atoms with van der Waals surface area (Å²) in [4.78, 5) is 11.5. The first kappa shape index (κ1) is 9.52. The summed E-state index contributed by atoms with van der Waals surface area (Å²) in [5, 5.41) is 0. The second-order valence-electron chi connectivity index (χ2n) is 2.98. The fourth-order valence-corrected chi connectivity index (χ4v) is 2.06. The third kappa shape index (κ3) is 1.39. The largest absolute Gasteiger partial charge is 0.495 e. The summed E-state index contributed by atoms with van der Waals surface area (Å²) in [7, 11) is 1.58. The molecule has 0 unspecified atom stereocenters. The monoisotopic (exact) mass is 256 g/mol. The molecule has 0 saturated carbocycles. The van der Waals surface area contributed by atoms with E-state index in [1.165, 1.54) is 0 Å². The first-order chi connectivity index (χ1) is 6.74. The summed E-state index contributed by atoms with van der Waals surface area (Å²) in [6, 6.07) is 3.50. The number of fused-ring (bicyclic) bond motifs is 1. The van der Waals surface area contributed by atoms with Gasteiger partial charge in [0, 0.05) is 6.42 Å². The van der Waals surface area contributed by atoms with Crippen molar-refractivity contribution < 1.29 is 14.3 Å². The van der Waals surface area contributed by atoms with Crippen LogP contribution in [-0.2, 0) is 0 Å². The Labute approximate surface area is 90.1 Å². The van der Waals surface area contributed by atoms with Gasteiger partial charge in [0.15, 0.2) is 5.78 Å². The molecule has 0 saturated heterocycles. The van der Waals surface area contributed by atoms with Crippen LogP contribution >= 0.6 is 15.9 Å². The number of hydrogen-bond donors (Lipinski definition) is 0. The van der Waals surface area contributed by atoms with Crippen LogP contribution in [0, 0.1) is 0 Å². The number of ether oxygens (including phenoxy) is 2. The van der Waals surface area contributed by atoms with Gasteiger partial charge in [-0.25, -0.2) is 0 Å². The standard InChI is InChI=1S/C10H9BrO3/c1-13-8-3-2-6-7(12)4-5-14-10(6)9(8)11/h2-3H,4-5H2,1H3. The topological polar surface area (TPSA) is 35.5 Å². The summed E-state index contributed by atoms with van der Waals surface area (Å²) in [6.07, 6.45) is 0.450. The molecule has 0 bridgehead atoms. The highest BCUT2D eigenvalue weighted by molar-refractivity contribution is 9.10. The lowest BCUT2D eigenvalue weighted by atomic mass is 10.1. The Morgan fingerprint density at radius 1 is 1.50 bits per heavy atom. The molecule has 1 aliphatic rings. The quantitative estimate of drug-likeness (QED) is 0.775. The zero-order valence-corrected chi connectivity index (χ0v) is 9.26. The lowest BCUT2D eigenvalue weighted by Crippen LogP contribution is -2.15. The van der Waals surface area contributed by atoms with Gasteiger partial charge in [0.1, 0.15) is 16.0 Å². The zero-order chi connectivity index (χ0) is 10.1. The number of benzene rings is 1. The summed E-state index contributed by atoms with van der Waals surface area (Å²) in [5.41, 5.74) is 0.629. The van der Waals surface area contributed by atoms with Gasteiger partial charge in [0.2, 0.25) is 0 Å². The number of carbonyl (C=O) groups is 1. The van der Waals surface area contributed by atoms with Gasteiger partial charge in [-0.3, -0.25) is 4.79 Å². The molecular formula is C10H9BrO3. The highest BCUT2D eigenvalue weighted by atomic mass is 79.9. The molecule has 0 amide bonds. The zero-order valence-electron chi connectivity index (χ0n) is 7.67. The minimum absolute atomic E-state index is 0.120. The van der Waals surface area contributed by atoms with Crippen LogP contribution in [0.15, 0.2) is 16.6 Å². The van der Waals surface area contributed by atoms with E-state index in [1.54, 1.807) is 19.2 Å². The molecule has 0 radical (unpaired) electrons. The first-order valence-corrected chi connectivity index (χ1v) is 5.06. The van der Waals surface area contributed by atoms with Crippen LogP contribution in [0.1, 0.15) is 16.8 Å². The minimum Gasteiger partial charge on any atom is -0.495 e. The van der Waals surface area contributed by atoms with Crippen LogP contribution in [0.3, 0.4) is 0 Å². The lowest BCUT2D eigenvalue weighted by molar-refractivity contribution is 0.0932. The normalized spacial score (nSPS) is 14.6. The van der Waals surface area contributed by atoms with Crippen molar-refractivity contribution >= 4 is 21.7 Å². The van der Waals surface area contributed by atoms with Gasteiger partial charge in [-0.15, -0.1) is 0 Å². The lowest BCUT2D eigenvalue weighted by Gasteiger charge is -2.18. The van der Waals surface area contributed by atoms with Gasteiger partial charge < -0.3 is 9.47 Å². The molecular weight excluding hydrogens is 248 g/mol. The predicted octanol–water partition coefficient (Wildman–Crippen LogP) is 2.42. The summed E-state index contributed by atoms with van der Waals surface area (Å²) < 4.78 is 11.2. The number of rotatable bonds is 1. The van der Waals surface area contributed by atoms with Crippen LogP contribution < -0.4 is 9.47 Å². The average Bonchev–Trinajstić information content (AvgIpc) is 2.20. The van der Waals surface area contributed by atoms with Crippen molar-refractivity contribution in [1.29, 1.82) is 0 Å². The maximum Gasteiger partial charge on any atom is 0.170 e. The van der Waals surface area contributed by atoms with Gasteiger partial charge in [0.25, 0.3) is 0 Å². The maximum absolute atomic E-state index is 11.5. The maximum atomic E-state index is 11.5. The van der Waals surface area contributed by atoms with E-state index in [4.69, 9.17) is 9.47 Å². The molecule has 0 atom stereocenters. The minimum atomic E-state index is 0.120. The highest BCUT2D eigenvalue weighted by Gasteiger charge is 2.22. The van der Waals surface area contributed by atoms with Crippen molar-refractivity contribution in [1.82, 2.24) is 0 Å². The molecule has 14 heavy (non-hydrogen) atoms. The van der Waals surface area contributed by atoms with Crippen LogP contribution in [0.25, 0.3) is 0 Å². The van der Waals surface area contributed by atoms with Crippen LogP contribution in [-0.4, -0.2) is 19.5 Å². The number of methoxy groups -OCH3 is 1. The Hall–Kier alpha value is -1.03. The molecule has 1 aromatic carbocycles. The predicted molar refractivity (Wildman–Crippen MR) is 55.1 cm³/mol. The SMILES string of the molecule is COc1ccc2c(c1Br)OCCC2=O. The fourth-order valence-electron chi connectivity index (χ4n) is 1.44. The molecule has 4 heteroatoms. The molecule has 0 spiro atoms. The summed E-state index contributed by atoms with van der Waals surface area (Å²) in [6.45, 7) is 0.442. The summed E-state index contributed by atoms with van der Waals surface area (Å²) >= 11 is 3.35. The number of halogens is 1. The Morgan fingerprint density at radius 3 is 3.00 bits per heavy atom. The number of carbonyl (C=O) groups excluding carboxylic acids is 1. The van der Waals surface area contributed by atoms with E-state index in [2.05, 4.69) is 15.9 Å². The van der Waals surface area contributed by atoms with Crippen molar-refractivity contribution in [3.05, 3.63) is 22.2 Å². The van der Waals surface area contributed by atoms with Crippen molar-refractivity contribution in [3.63, 3.8) is 0 Å². The van der Waals surface area contributed by atoms with Gasteiger partial charge >= 0.3 is 0 Å². The molecule has 1 heterocycles. The van der Waals surface area contributed by atoms with E-state index < -0.39 is 0 Å². The van der Waals surface area contributed by atoms with Gasteiger partial charge in [-0.1, -0.05) is 0 Å². The Balaban J connectivity index is 2.57. The molecule has 0 N–H and O–H groups in total. The second-order valence-corrected chi connectivity index (χ2v) is 3.77. The van der Waals surface area contributed by atoms with E-state index in [9.17, 15) is 4.79 Å². The second kappa shape index (κ2) is 3.61. The van der Waals surface area contributed by atoms with E-state index in [0.29, 0.717) is 34.6 Å². The van der Waals surface area contributed by atoms with Gasteiger partial charge in [-0.2, -0.15) is 0 Å². The van der Waals surface area contributed by atoms with Crippen molar-refractivity contribution in [3.8, 4) is 11.5 Å². The molecule has 1 aliphatic heterocycles. The third-order valence-corrected chi connectivity index (χ3v) is 2.91. The molecule has 1 aromatic rings. The van der Waals surface area contributed by atoms with Crippen LogP contribution in [0.4, 0.5) is 0 Å². The average molecular weight is 257 g/mol. The van der Waals surface area contributed by atoms with Crippen molar-refractivity contribution in [2.75, 3.05) is 13.7 Å². The molecule has 74 valence electrons. The Kier molecular flexibility index (Phi) is 2.46. The molecule has 0 fully saturated rings. The number of Topliss-reactive ketones (excluding diaryl/α,β-unsaturated/α-hetero) is 1. The van der Waals surface area contributed by atoms with E-state index in [0.717, 1.165) is 0 Å². The van der Waals surface area contributed by atoms with Crippen LogP contribution in [0.5, 0.6) is 11.5 Å². The third-order valence-electron chi connectivity index (χ3n) is 2.16. The number of hydrogen-bond acceptors (Lipinski definition) is 3. The fraction of sp³-hybridized carbons (Fsp3) is 0.300. The molecule has 0 aromatic heterocycles. The van der Waals surface area contributed by atoms with E-state index >= 15 is 0 Å². The Bertz CT molecular complexity index is 387. The molecule has 0 aliphatic carbocycles. The number of ketones is 1. The van der Waals surface area contributed by atoms with E-state index in [-0.39, 0.29) is 5.78 Å². The Morgan fingerprint density at radius 2 is 2.29 bits per heavy atom. The smallest absolute Gasteiger partial charge is 0.170 e.